The first-order valence-electron chi connectivity index (χ1n) is 6.16. The van der Waals surface area contributed by atoms with Crippen molar-refractivity contribution in [2.24, 2.45) is 11.7 Å². The lowest BCUT2D eigenvalue weighted by molar-refractivity contribution is -0.158. The number of carbonyl (C=O) groups is 2. The van der Waals surface area contributed by atoms with E-state index in [4.69, 9.17) is 10.5 Å². The van der Waals surface area contributed by atoms with Crippen molar-refractivity contribution in [3.63, 3.8) is 0 Å². The molecule has 1 heterocycles. The zero-order valence-corrected chi connectivity index (χ0v) is 11.3. The van der Waals surface area contributed by atoms with Crippen LogP contribution in [0.4, 0.5) is 0 Å². The van der Waals surface area contributed by atoms with E-state index < -0.39 is 11.5 Å². The lowest BCUT2D eigenvalue weighted by Gasteiger charge is -2.35. The van der Waals surface area contributed by atoms with Gasteiger partial charge in [0.1, 0.15) is 0 Å². The molecule has 1 aliphatic heterocycles. The molecule has 0 saturated carbocycles. The number of methoxy groups -OCH3 is 1. The highest BCUT2D eigenvalue weighted by Crippen LogP contribution is 2.19. The van der Waals surface area contributed by atoms with Gasteiger partial charge in [-0.1, -0.05) is 13.8 Å². The summed E-state index contributed by atoms with van der Waals surface area (Å²) in [5.41, 5.74) is 4.44. The Morgan fingerprint density at radius 2 is 1.94 bits per heavy atom. The molecule has 0 bridgehead atoms. The summed E-state index contributed by atoms with van der Waals surface area (Å²) in [4.78, 5) is 25.8. The molecule has 0 radical (unpaired) electrons. The van der Waals surface area contributed by atoms with Gasteiger partial charge in [-0.3, -0.25) is 4.79 Å². The molecule has 2 N–H and O–H groups in total. The molecular formula is C12H22N2O4. The largest absolute Gasteiger partial charge is 0.467 e. The Bertz CT molecular complexity index is 313. The van der Waals surface area contributed by atoms with Gasteiger partial charge in [0.15, 0.2) is 5.54 Å². The minimum Gasteiger partial charge on any atom is -0.467 e. The highest BCUT2D eigenvalue weighted by molar-refractivity contribution is 6.07. The minimum absolute atomic E-state index is 0.124. The lowest BCUT2D eigenvalue weighted by atomic mass is 9.88. The zero-order chi connectivity index (χ0) is 13.8. The average Bonchev–Trinajstić information content (AvgIpc) is 2.36. The number of ether oxygens (including phenoxy) is 2. The van der Waals surface area contributed by atoms with Gasteiger partial charge in [-0.2, -0.15) is 0 Å². The van der Waals surface area contributed by atoms with E-state index in [0.29, 0.717) is 26.3 Å². The maximum atomic E-state index is 12.4. The SMILES string of the molecule is COC(=O)C(N)(CC(C)C)C(=O)N1CCOCC1. The Morgan fingerprint density at radius 1 is 1.39 bits per heavy atom. The van der Waals surface area contributed by atoms with E-state index in [0.717, 1.165) is 0 Å². The summed E-state index contributed by atoms with van der Waals surface area (Å²) in [7, 11) is 1.25. The van der Waals surface area contributed by atoms with Crippen LogP contribution in [0.1, 0.15) is 20.3 Å². The highest BCUT2D eigenvalue weighted by Gasteiger charge is 2.46. The third-order valence-corrected chi connectivity index (χ3v) is 2.96. The Labute approximate surface area is 107 Å². The molecule has 1 aliphatic rings. The van der Waals surface area contributed by atoms with Crippen LogP contribution in [0, 0.1) is 5.92 Å². The Hall–Kier alpha value is -1.14. The van der Waals surface area contributed by atoms with Gasteiger partial charge < -0.3 is 20.1 Å². The zero-order valence-electron chi connectivity index (χ0n) is 11.3. The Kier molecular flexibility index (Phi) is 5.10. The predicted molar refractivity (Wildman–Crippen MR) is 65.8 cm³/mol. The van der Waals surface area contributed by atoms with Crippen molar-refractivity contribution in [1.82, 2.24) is 4.90 Å². The molecule has 1 saturated heterocycles. The number of morpholine rings is 1. The van der Waals surface area contributed by atoms with Crippen molar-refractivity contribution in [2.75, 3.05) is 33.4 Å². The van der Waals surface area contributed by atoms with E-state index in [1.54, 1.807) is 4.90 Å². The van der Waals surface area contributed by atoms with Crippen molar-refractivity contribution in [3.05, 3.63) is 0 Å². The summed E-state index contributed by atoms with van der Waals surface area (Å²) in [5.74, 6) is -0.918. The van der Waals surface area contributed by atoms with E-state index >= 15 is 0 Å². The van der Waals surface area contributed by atoms with Crippen molar-refractivity contribution >= 4 is 11.9 Å². The predicted octanol–water partition coefficient (Wildman–Crippen LogP) is -0.238. The summed E-state index contributed by atoms with van der Waals surface area (Å²) in [6.07, 6.45) is 0.274. The number of esters is 1. The molecule has 1 fully saturated rings. The third kappa shape index (κ3) is 3.20. The molecule has 0 spiro atoms. The topological polar surface area (TPSA) is 81.9 Å². The van der Waals surface area contributed by atoms with E-state index in [9.17, 15) is 9.59 Å². The standard InChI is InChI=1S/C12H22N2O4/c1-9(2)8-12(13,11(16)17-3)10(15)14-4-6-18-7-5-14/h9H,4-8,13H2,1-3H3. The van der Waals surface area contributed by atoms with E-state index in [1.165, 1.54) is 7.11 Å². The van der Waals surface area contributed by atoms with Crippen LogP contribution in [-0.4, -0.2) is 55.7 Å². The molecule has 1 amide bonds. The Morgan fingerprint density at radius 3 is 2.39 bits per heavy atom. The maximum absolute atomic E-state index is 12.4. The quantitative estimate of drug-likeness (QED) is 0.556. The molecule has 104 valence electrons. The second-order valence-corrected chi connectivity index (χ2v) is 4.97. The van der Waals surface area contributed by atoms with E-state index in [1.807, 2.05) is 13.8 Å². The monoisotopic (exact) mass is 258 g/mol. The molecule has 6 heteroatoms. The fourth-order valence-corrected chi connectivity index (χ4v) is 2.13. The van der Waals surface area contributed by atoms with Crippen molar-refractivity contribution < 1.29 is 19.1 Å². The van der Waals surface area contributed by atoms with Crippen LogP contribution in [0.3, 0.4) is 0 Å². The Balaban J connectivity index is 2.87. The fourth-order valence-electron chi connectivity index (χ4n) is 2.13. The molecule has 6 nitrogen and oxygen atoms in total. The average molecular weight is 258 g/mol. The number of amides is 1. The van der Waals surface area contributed by atoms with Crippen LogP contribution in [-0.2, 0) is 19.1 Å². The molecule has 0 aliphatic carbocycles. The van der Waals surface area contributed by atoms with Crippen LogP contribution in [0.5, 0.6) is 0 Å². The van der Waals surface area contributed by atoms with Crippen molar-refractivity contribution in [1.29, 1.82) is 0 Å². The summed E-state index contributed by atoms with van der Waals surface area (Å²) in [6, 6.07) is 0. The van der Waals surface area contributed by atoms with Crippen LogP contribution < -0.4 is 5.73 Å². The molecule has 0 aromatic heterocycles. The molecule has 0 aromatic carbocycles. The van der Waals surface area contributed by atoms with Gasteiger partial charge >= 0.3 is 5.97 Å². The van der Waals surface area contributed by atoms with Crippen LogP contribution in [0.25, 0.3) is 0 Å². The number of carbonyl (C=O) groups excluding carboxylic acids is 2. The first kappa shape index (κ1) is 14.9. The molecule has 1 atom stereocenters. The van der Waals surface area contributed by atoms with Gasteiger partial charge in [-0.15, -0.1) is 0 Å². The van der Waals surface area contributed by atoms with Gasteiger partial charge in [-0.05, 0) is 12.3 Å². The highest BCUT2D eigenvalue weighted by atomic mass is 16.5. The van der Waals surface area contributed by atoms with Crippen molar-refractivity contribution in [2.45, 2.75) is 25.8 Å². The molecule has 18 heavy (non-hydrogen) atoms. The number of hydrogen-bond donors (Lipinski definition) is 1. The minimum atomic E-state index is -1.58. The second kappa shape index (κ2) is 6.15. The summed E-state index contributed by atoms with van der Waals surface area (Å²) >= 11 is 0. The maximum Gasteiger partial charge on any atom is 0.335 e. The third-order valence-electron chi connectivity index (χ3n) is 2.96. The van der Waals surface area contributed by atoms with Crippen LogP contribution >= 0.6 is 0 Å². The van der Waals surface area contributed by atoms with Crippen LogP contribution in [0.2, 0.25) is 0 Å². The summed E-state index contributed by atoms with van der Waals surface area (Å²) in [5, 5.41) is 0. The molecule has 1 rings (SSSR count). The summed E-state index contributed by atoms with van der Waals surface area (Å²) in [6.45, 7) is 5.71. The number of hydrogen-bond acceptors (Lipinski definition) is 5. The number of nitrogens with two attached hydrogens (primary N) is 1. The molecule has 0 aromatic rings. The second-order valence-electron chi connectivity index (χ2n) is 4.97. The first-order valence-corrected chi connectivity index (χ1v) is 6.16. The van der Waals surface area contributed by atoms with Gasteiger partial charge in [-0.25, -0.2) is 4.79 Å². The molecular weight excluding hydrogens is 236 g/mol. The lowest BCUT2D eigenvalue weighted by Crippen LogP contribution is -2.63. The van der Waals surface area contributed by atoms with Gasteiger partial charge in [0.2, 0.25) is 0 Å². The van der Waals surface area contributed by atoms with Gasteiger partial charge in [0.25, 0.3) is 5.91 Å². The van der Waals surface area contributed by atoms with E-state index in [-0.39, 0.29) is 18.2 Å². The van der Waals surface area contributed by atoms with Crippen LogP contribution in [0.15, 0.2) is 0 Å². The van der Waals surface area contributed by atoms with Gasteiger partial charge in [0.05, 0.1) is 20.3 Å². The smallest absolute Gasteiger partial charge is 0.335 e. The molecule has 1 unspecified atom stereocenters. The summed E-state index contributed by atoms with van der Waals surface area (Å²) < 4.78 is 9.87. The van der Waals surface area contributed by atoms with Crippen molar-refractivity contribution in [3.8, 4) is 0 Å². The van der Waals surface area contributed by atoms with Gasteiger partial charge in [0, 0.05) is 13.1 Å². The van der Waals surface area contributed by atoms with E-state index in [2.05, 4.69) is 4.74 Å². The fraction of sp³-hybridized carbons (Fsp3) is 0.833. The first-order chi connectivity index (χ1) is 8.41. The number of rotatable bonds is 4. The normalized spacial score (nSPS) is 19.5. The number of nitrogens with zero attached hydrogens (tertiary/aromatic N) is 1.